The van der Waals surface area contributed by atoms with Gasteiger partial charge in [0.25, 0.3) is 0 Å². The number of hydrogen-bond acceptors (Lipinski definition) is 4. The molecule has 4 nitrogen and oxygen atoms in total. The normalized spacial score (nSPS) is 22.9. The molecule has 0 amide bonds. The Morgan fingerprint density at radius 1 is 1.35 bits per heavy atom. The molecule has 2 unspecified atom stereocenters. The van der Waals surface area contributed by atoms with E-state index in [1.165, 1.54) is 0 Å². The zero-order valence-corrected chi connectivity index (χ0v) is 11.9. The lowest BCUT2D eigenvalue weighted by molar-refractivity contribution is 0.150. The molecule has 20 heavy (non-hydrogen) atoms. The molecular weight excluding hydrogens is 274 g/mol. The van der Waals surface area contributed by atoms with Crippen LogP contribution in [-0.2, 0) is 9.84 Å². The fourth-order valence-corrected chi connectivity index (χ4v) is 4.81. The second kappa shape index (κ2) is 5.14. The van der Waals surface area contributed by atoms with Crippen molar-refractivity contribution in [1.82, 2.24) is 4.98 Å². The molecule has 106 valence electrons. The first-order chi connectivity index (χ1) is 9.55. The molecule has 0 aliphatic carbocycles. The number of aliphatic hydroxyl groups excluding tert-OH is 1. The van der Waals surface area contributed by atoms with E-state index in [4.69, 9.17) is 0 Å². The van der Waals surface area contributed by atoms with Gasteiger partial charge in [0.15, 0.2) is 9.84 Å². The minimum Gasteiger partial charge on any atom is -0.388 e. The lowest BCUT2D eigenvalue weighted by Crippen LogP contribution is -2.10. The number of hydrogen-bond donors (Lipinski definition) is 1. The first-order valence-corrected chi connectivity index (χ1v) is 8.58. The van der Waals surface area contributed by atoms with E-state index in [0.717, 1.165) is 16.3 Å². The molecule has 0 radical (unpaired) electrons. The van der Waals surface area contributed by atoms with E-state index in [-0.39, 0.29) is 17.4 Å². The SMILES string of the molecule is O=S1(=O)CCC(CC(O)c2cccc3ccncc23)C1. The third-order valence-electron chi connectivity index (χ3n) is 3.96. The Morgan fingerprint density at radius 3 is 2.95 bits per heavy atom. The Balaban J connectivity index is 1.84. The molecule has 1 fully saturated rings. The van der Waals surface area contributed by atoms with Crippen LogP contribution in [0.4, 0.5) is 0 Å². The van der Waals surface area contributed by atoms with Crippen LogP contribution < -0.4 is 0 Å². The maximum absolute atomic E-state index is 11.5. The summed E-state index contributed by atoms with van der Waals surface area (Å²) in [6.45, 7) is 0. The summed E-state index contributed by atoms with van der Waals surface area (Å²) in [6.07, 6.45) is 3.98. The van der Waals surface area contributed by atoms with E-state index in [1.54, 1.807) is 12.4 Å². The van der Waals surface area contributed by atoms with Crippen molar-refractivity contribution < 1.29 is 13.5 Å². The molecule has 0 bridgehead atoms. The lowest BCUT2D eigenvalue weighted by Gasteiger charge is -2.16. The van der Waals surface area contributed by atoms with E-state index in [1.807, 2.05) is 24.3 Å². The number of aliphatic hydroxyl groups is 1. The zero-order chi connectivity index (χ0) is 14.2. The van der Waals surface area contributed by atoms with Crippen molar-refractivity contribution in [2.45, 2.75) is 18.9 Å². The number of sulfone groups is 1. The summed E-state index contributed by atoms with van der Waals surface area (Å²) in [7, 11) is -2.89. The molecule has 2 heterocycles. The summed E-state index contributed by atoms with van der Waals surface area (Å²) < 4.78 is 23.0. The van der Waals surface area contributed by atoms with Crippen LogP contribution in [0.2, 0.25) is 0 Å². The van der Waals surface area contributed by atoms with E-state index in [0.29, 0.717) is 12.8 Å². The van der Waals surface area contributed by atoms with Gasteiger partial charge >= 0.3 is 0 Å². The van der Waals surface area contributed by atoms with Gasteiger partial charge in [0, 0.05) is 17.8 Å². The van der Waals surface area contributed by atoms with Crippen molar-refractivity contribution in [2.75, 3.05) is 11.5 Å². The maximum Gasteiger partial charge on any atom is 0.150 e. The maximum atomic E-state index is 11.5. The summed E-state index contributed by atoms with van der Waals surface area (Å²) in [5.74, 6) is 0.510. The molecule has 1 saturated heterocycles. The standard InChI is InChI=1S/C15H17NO3S/c17-15(8-11-5-7-20(18,19)10-11)13-3-1-2-12-4-6-16-9-14(12)13/h1-4,6,9,11,15,17H,5,7-8,10H2. The largest absolute Gasteiger partial charge is 0.388 e. The summed E-state index contributed by atoms with van der Waals surface area (Å²) in [5.41, 5.74) is 0.833. The Labute approximate surface area is 118 Å². The molecule has 0 spiro atoms. The number of rotatable bonds is 3. The molecule has 2 aromatic rings. The molecule has 1 aliphatic heterocycles. The average Bonchev–Trinajstić information content (AvgIpc) is 2.77. The van der Waals surface area contributed by atoms with Crippen LogP contribution in [0.25, 0.3) is 10.8 Å². The summed E-state index contributed by atoms with van der Waals surface area (Å²) in [6, 6.07) is 7.68. The smallest absolute Gasteiger partial charge is 0.150 e. The molecule has 1 aromatic carbocycles. The van der Waals surface area contributed by atoms with E-state index < -0.39 is 15.9 Å². The van der Waals surface area contributed by atoms with Gasteiger partial charge in [-0.2, -0.15) is 0 Å². The van der Waals surface area contributed by atoms with Crippen molar-refractivity contribution in [2.24, 2.45) is 5.92 Å². The molecule has 1 aromatic heterocycles. The van der Waals surface area contributed by atoms with Crippen molar-refractivity contribution in [3.63, 3.8) is 0 Å². The molecule has 1 aliphatic rings. The fraction of sp³-hybridized carbons (Fsp3) is 0.400. The number of pyridine rings is 1. The number of fused-ring (bicyclic) bond motifs is 1. The minimum absolute atomic E-state index is 0.0573. The van der Waals surface area contributed by atoms with Crippen LogP contribution in [0, 0.1) is 5.92 Å². The first-order valence-electron chi connectivity index (χ1n) is 6.76. The highest BCUT2D eigenvalue weighted by Gasteiger charge is 2.30. The van der Waals surface area contributed by atoms with Gasteiger partial charge in [0.05, 0.1) is 17.6 Å². The molecule has 0 saturated carbocycles. The summed E-state index contributed by atoms with van der Waals surface area (Å²) in [5, 5.41) is 12.4. The predicted octanol–water partition coefficient (Wildman–Crippen LogP) is 2.09. The Kier molecular flexibility index (Phi) is 3.48. The van der Waals surface area contributed by atoms with Crippen LogP contribution in [0.15, 0.2) is 36.7 Å². The van der Waals surface area contributed by atoms with E-state index in [9.17, 15) is 13.5 Å². The molecule has 5 heteroatoms. The summed E-state index contributed by atoms with van der Waals surface area (Å²) in [4.78, 5) is 4.10. The fourth-order valence-electron chi connectivity index (χ4n) is 2.93. The Morgan fingerprint density at radius 2 is 2.20 bits per heavy atom. The van der Waals surface area contributed by atoms with Crippen LogP contribution in [0.3, 0.4) is 0 Å². The van der Waals surface area contributed by atoms with Crippen molar-refractivity contribution >= 4 is 20.6 Å². The first kappa shape index (κ1) is 13.5. The van der Waals surface area contributed by atoms with Gasteiger partial charge in [0.2, 0.25) is 0 Å². The molecule has 2 atom stereocenters. The Hall–Kier alpha value is -1.46. The van der Waals surface area contributed by atoms with Gasteiger partial charge in [-0.05, 0) is 35.8 Å². The number of nitrogens with zero attached hydrogens (tertiary/aromatic N) is 1. The minimum atomic E-state index is -2.89. The van der Waals surface area contributed by atoms with Gasteiger partial charge < -0.3 is 5.11 Å². The lowest BCUT2D eigenvalue weighted by atomic mass is 9.94. The second-order valence-corrected chi connectivity index (χ2v) is 7.69. The van der Waals surface area contributed by atoms with Crippen molar-refractivity contribution in [3.8, 4) is 0 Å². The van der Waals surface area contributed by atoms with E-state index >= 15 is 0 Å². The predicted molar refractivity (Wildman–Crippen MR) is 78.1 cm³/mol. The highest BCUT2D eigenvalue weighted by molar-refractivity contribution is 7.91. The monoisotopic (exact) mass is 291 g/mol. The van der Waals surface area contributed by atoms with Crippen LogP contribution in [0.5, 0.6) is 0 Å². The third kappa shape index (κ3) is 2.69. The summed E-state index contributed by atoms with van der Waals surface area (Å²) >= 11 is 0. The van der Waals surface area contributed by atoms with Crippen molar-refractivity contribution in [1.29, 1.82) is 0 Å². The Bertz CT molecular complexity index is 721. The quantitative estimate of drug-likeness (QED) is 0.940. The highest BCUT2D eigenvalue weighted by Crippen LogP contribution is 2.31. The van der Waals surface area contributed by atoms with Gasteiger partial charge in [0.1, 0.15) is 0 Å². The van der Waals surface area contributed by atoms with Crippen LogP contribution in [0.1, 0.15) is 24.5 Å². The van der Waals surface area contributed by atoms with Crippen LogP contribution >= 0.6 is 0 Å². The molecule has 1 N–H and O–H groups in total. The average molecular weight is 291 g/mol. The van der Waals surface area contributed by atoms with Gasteiger partial charge in [-0.3, -0.25) is 4.98 Å². The molecule has 3 rings (SSSR count). The van der Waals surface area contributed by atoms with Gasteiger partial charge in [-0.1, -0.05) is 18.2 Å². The highest BCUT2D eigenvalue weighted by atomic mass is 32.2. The topological polar surface area (TPSA) is 67.3 Å². The van der Waals surface area contributed by atoms with Crippen molar-refractivity contribution in [3.05, 3.63) is 42.2 Å². The number of benzene rings is 1. The zero-order valence-electron chi connectivity index (χ0n) is 11.1. The van der Waals surface area contributed by atoms with E-state index in [2.05, 4.69) is 4.98 Å². The second-order valence-electron chi connectivity index (χ2n) is 5.46. The van der Waals surface area contributed by atoms with Gasteiger partial charge in [-0.15, -0.1) is 0 Å². The van der Waals surface area contributed by atoms with Gasteiger partial charge in [-0.25, -0.2) is 8.42 Å². The third-order valence-corrected chi connectivity index (χ3v) is 5.80. The van der Waals surface area contributed by atoms with Crippen LogP contribution in [-0.4, -0.2) is 30.0 Å². The number of aromatic nitrogens is 1. The molecular formula is C15H17NO3S.